The van der Waals surface area contributed by atoms with Gasteiger partial charge in [0.2, 0.25) is 0 Å². The van der Waals surface area contributed by atoms with E-state index in [0.717, 1.165) is 16.9 Å². The van der Waals surface area contributed by atoms with Crippen LogP contribution in [0.25, 0.3) is 5.69 Å². The van der Waals surface area contributed by atoms with Crippen LogP contribution in [0.4, 0.5) is 0 Å². The van der Waals surface area contributed by atoms with Gasteiger partial charge in [0.05, 0.1) is 16.6 Å². The van der Waals surface area contributed by atoms with Crippen LogP contribution in [0.1, 0.15) is 35.1 Å². The number of hydrogen-bond acceptors (Lipinski definition) is 3. The van der Waals surface area contributed by atoms with Crippen LogP contribution < -0.4 is 0 Å². The highest BCUT2D eigenvalue weighted by Crippen LogP contribution is 2.50. The molecule has 4 heteroatoms. The minimum absolute atomic E-state index is 0.00251. The Morgan fingerprint density at radius 1 is 1.08 bits per heavy atom. The van der Waals surface area contributed by atoms with Gasteiger partial charge in [-0.1, -0.05) is 36.4 Å². The number of aryl methyl sites for hydroxylation is 1. The second kappa shape index (κ2) is 6.45. The normalized spacial score (nSPS) is 18.8. The second-order valence-corrected chi connectivity index (χ2v) is 7.44. The molecule has 0 bridgehead atoms. The van der Waals surface area contributed by atoms with Gasteiger partial charge in [-0.2, -0.15) is 0 Å². The van der Waals surface area contributed by atoms with Crippen LogP contribution in [0.2, 0.25) is 0 Å². The van der Waals surface area contributed by atoms with E-state index in [0.29, 0.717) is 0 Å². The van der Waals surface area contributed by atoms with Gasteiger partial charge in [-0.3, -0.25) is 4.79 Å². The number of nitrogens with zero attached hydrogens (tertiary/aromatic N) is 1. The maximum atomic E-state index is 11.8. The molecule has 3 aromatic rings. The number of hydrogen-bond donors (Lipinski definition) is 0. The molecule has 1 aliphatic heterocycles. The molecule has 0 radical (unpaired) electrons. The van der Waals surface area contributed by atoms with Crippen molar-refractivity contribution in [2.75, 3.05) is 0 Å². The van der Waals surface area contributed by atoms with E-state index in [4.69, 9.17) is 4.74 Å². The smallest absolute Gasteiger partial charge is 0.303 e. The third-order valence-electron chi connectivity index (χ3n) is 4.40. The van der Waals surface area contributed by atoms with Crippen molar-refractivity contribution in [3.05, 3.63) is 83.7 Å². The molecule has 25 heavy (non-hydrogen) atoms. The van der Waals surface area contributed by atoms with Crippen molar-refractivity contribution in [2.24, 2.45) is 0 Å². The fraction of sp³-hybridized carbons (Fsp3) is 0.190. The van der Waals surface area contributed by atoms with Gasteiger partial charge in [0.1, 0.15) is 0 Å². The first kappa shape index (κ1) is 16.0. The zero-order chi connectivity index (χ0) is 17.4. The monoisotopic (exact) mass is 349 g/mol. The summed E-state index contributed by atoms with van der Waals surface area (Å²) in [5, 5.41) is 0.00251. The van der Waals surface area contributed by atoms with E-state index in [1.54, 1.807) is 11.8 Å². The van der Waals surface area contributed by atoms with E-state index in [1.165, 1.54) is 17.4 Å². The van der Waals surface area contributed by atoms with Gasteiger partial charge in [0, 0.05) is 18.0 Å². The summed E-state index contributed by atoms with van der Waals surface area (Å²) >= 11 is 1.75. The molecule has 0 saturated carbocycles. The highest BCUT2D eigenvalue weighted by atomic mass is 32.2. The summed E-state index contributed by atoms with van der Waals surface area (Å²) in [6.07, 6.45) is 1.70. The Morgan fingerprint density at radius 3 is 2.64 bits per heavy atom. The topological polar surface area (TPSA) is 31.2 Å². The summed E-state index contributed by atoms with van der Waals surface area (Å²) < 4.78 is 7.95. The molecule has 0 unspecified atom stereocenters. The summed E-state index contributed by atoms with van der Waals surface area (Å²) in [4.78, 5) is 13.0. The van der Waals surface area contributed by atoms with Crippen LogP contribution in [-0.2, 0) is 9.53 Å². The predicted octanol–water partition coefficient (Wildman–Crippen LogP) is 5.24. The Hall–Kier alpha value is -2.46. The summed E-state index contributed by atoms with van der Waals surface area (Å²) in [7, 11) is 0. The quantitative estimate of drug-likeness (QED) is 0.593. The molecule has 2 atom stereocenters. The SMILES string of the molecule is CC(=O)O[C@H]1c2cccn2-c2cc(C)ccc2S[C@@H]1c1ccccc1. The fourth-order valence-corrected chi connectivity index (χ4v) is 4.61. The molecule has 0 fully saturated rings. The Balaban J connectivity index is 1.92. The number of rotatable bonds is 2. The number of esters is 1. The van der Waals surface area contributed by atoms with Crippen molar-refractivity contribution in [3.8, 4) is 5.69 Å². The van der Waals surface area contributed by atoms with Crippen LogP contribution in [0.3, 0.4) is 0 Å². The molecule has 3 nitrogen and oxygen atoms in total. The molecular formula is C21H19NO2S. The highest BCUT2D eigenvalue weighted by molar-refractivity contribution is 7.99. The molecular weight excluding hydrogens is 330 g/mol. The van der Waals surface area contributed by atoms with E-state index >= 15 is 0 Å². The standard InChI is InChI=1S/C21H19NO2S/c1-14-10-11-19-18(13-14)22-12-6-9-17(22)20(24-15(2)23)21(25-19)16-7-4-3-5-8-16/h3-13,20-21H,1-2H3/t20-,21+/m0/s1. The lowest BCUT2D eigenvalue weighted by Crippen LogP contribution is -2.16. The molecule has 0 saturated heterocycles. The van der Waals surface area contributed by atoms with Gasteiger partial charge in [0.25, 0.3) is 0 Å². The van der Waals surface area contributed by atoms with Gasteiger partial charge >= 0.3 is 5.97 Å². The van der Waals surface area contributed by atoms with Crippen LogP contribution in [0, 0.1) is 6.92 Å². The molecule has 126 valence electrons. The van der Waals surface area contributed by atoms with Crippen LogP contribution in [0.5, 0.6) is 0 Å². The predicted molar refractivity (Wildman–Crippen MR) is 100 cm³/mol. The number of ether oxygens (including phenoxy) is 1. The Morgan fingerprint density at radius 2 is 1.88 bits per heavy atom. The fourth-order valence-electron chi connectivity index (χ4n) is 3.30. The van der Waals surface area contributed by atoms with E-state index in [-0.39, 0.29) is 17.3 Å². The number of fused-ring (bicyclic) bond motifs is 3. The largest absolute Gasteiger partial charge is 0.455 e. The summed E-state index contributed by atoms with van der Waals surface area (Å²) in [5.74, 6) is -0.263. The van der Waals surface area contributed by atoms with Crippen LogP contribution >= 0.6 is 11.8 Å². The van der Waals surface area contributed by atoms with Crippen molar-refractivity contribution in [1.82, 2.24) is 4.57 Å². The highest BCUT2D eigenvalue weighted by Gasteiger charge is 2.34. The molecule has 0 N–H and O–H groups in total. The van der Waals surface area contributed by atoms with E-state index in [1.807, 2.05) is 36.5 Å². The van der Waals surface area contributed by atoms with Crippen molar-refractivity contribution in [1.29, 1.82) is 0 Å². The van der Waals surface area contributed by atoms with Crippen LogP contribution in [0.15, 0.2) is 71.8 Å². The first-order valence-electron chi connectivity index (χ1n) is 8.30. The Kier molecular flexibility index (Phi) is 4.14. The Bertz CT molecular complexity index is 917. The van der Waals surface area contributed by atoms with Gasteiger partial charge in [0.15, 0.2) is 6.10 Å². The molecule has 2 heterocycles. The molecule has 0 aliphatic carbocycles. The lowest BCUT2D eigenvalue weighted by atomic mass is 10.0. The zero-order valence-electron chi connectivity index (χ0n) is 14.2. The molecule has 0 amide bonds. The Labute approximate surface area is 151 Å². The van der Waals surface area contributed by atoms with Gasteiger partial charge in [-0.25, -0.2) is 0 Å². The molecule has 1 aliphatic rings. The number of thioether (sulfide) groups is 1. The van der Waals surface area contributed by atoms with Gasteiger partial charge < -0.3 is 9.30 Å². The average Bonchev–Trinajstić information content (AvgIpc) is 3.05. The molecule has 1 aromatic heterocycles. The summed E-state index contributed by atoms with van der Waals surface area (Å²) in [6.45, 7) is 3.57. The average molecular weight is 349 g/mol. The second-order valence-electron chi connectivity index (χ2n) is 6.25. The maximum absolute atomic E-state index is 11.8. The molecule has 0 spiro atoms. The first-order valence-corrected chi connectivity index (χ1v) is 9.18. The van der Waals surface area contributed by atoms with Crippen molar-refractivity contribution in [3.63, 3.8) is 0 Å². The lowest BCUT2D eigenvalue weighted by molar-refractivity contribution is -0.147. The zero-order valence-corrected chi connectivity index (χ0v) is 15.0. The lowest BCUT2D eigenvalue weighted by Gasteiger charge is -2.25. The minimum Gasteiger partial charge on any atom is -0.455 e. The number of carbonyl (C=O) groups excluding carboxylic acids is 1. The first-order chi connectivity index (χ1) is 12.1. The summed E-state index contributed by atoms with van der Waals surface area (Å²) in [6, 6.07) is 20.8. The third-order valence-corrected chi connectivity index (χ3v) is 5.77. The van der Waals surface area contributed by atoms with E-state index < -0.39 is 0 Å². The number of benzene rings is 2. The van der Waals surface area contributed by atoms with Crippen molar-refractivity contribution >= 4 is 17.7 Å². The van der Waals surface area contributed by atoms with E-state index in [2.05, 4.69) is 41.8 Å². The third kappa shape index (κ3) is 2.98. The van der Waals surface area contributed by atoms with Crippen molar-refractivity contribution < 1.29 is 9.53 Å². The molecule has 2 aromatic carbocycles. The van der Waals surface area contributed by atoms with Gasteiger partial charge in [-0.05, 0) is 42.3 Å². The molecule has 4 rings (SSSR count). The number of aromatic nitrogens is 1. The maximum Gasteiger partial charge on any atom is 0.303 e. The summed E-state index contributed by atoms with van der Waals surface area (Å²) in [5.41, 5.74) is 4.50. The minimum atomic E-state index is -0.340. The van der Waals surface area contributed by atoms with Gasteiger partial charge in [-0.15, -0.1) is 11.8 Å². The van der Waals surface area contributed by atoms with E-state index in [9.17, 15) is 4.79 Å². The van der Waals surface area contributed by atoms with Crippen molar-refractivity contribution in [2.45, 2.75) is 30.1 Å². The number of carbonyl (C=O) groups is 1. The van der Waals surface area contributed by atoms with Crippen LogP contribution in [-0.4, -0.2) is 10.5 Å².